The molecule has 3 aromatic heterocycles. The number of H-pyrrole nitrogens is 1. The minimum Gasteiger partial charge on any atom is -0.371 e. The van der Waals surface area contributed by atoms with Crippen LogP contribution in [0.2, 0.25) is 0 Å². The monoisotopic (exact) mass is 430 g/mol. The minimum absolute atomic E-state index is 0.136. The zero-order valence-corrected chi connectivity index (χ0v) is 19.2. The van der Waals surface area contributed by atoms with E-state index in [1.165, 1.54) is 11.1 Å². The van der Waals surface area contributed by atoms with Crippen LogP contribution >= 0.6 is 0 Å². The summed E-state index contributed by atoms with van der Waals surface area (Å²) in [5.41, 5.74) is 8.60. The SMILES string of the molecule is CCN1CCOC(c2ccc(-c3[nH]nc(-c4cc(C)c5ncnn5c4)c3C(C)C)cc2)C1. The third-order valence-electron chi connectivity index (χ3n) is 6.38. The Morgan fingerprint density at radius 1 is 1.19 bits per heavy atom. The van der Waals surface area contributed by atoms with E-state index in [1.807, 2.05) is 10.7 Å². The first kappa shape index (κ1) is 20.8. The highest BCUT2D eigenvalue weighted by Gasteiger charge is 2.23. The molecule has 1 fully saturated rings. The van der Waals surface area contributed by atoms with Crippen LogP contribution in [0.25, 0.3) is 28.2 Å². The fraction of sp³-hybridized carbons (Fsp3) is 0.400. The number of benzene rings is 1. The van der Waals surface area contributed by atoms with Crippen molar-refractivity contribution in [3.63, 3.8) is 0 Å². The molecule has 1 atom stereocenters. The van der Waals surface area contributed by atoms with Crippen LogP contribution in [0.4, 0.5) is 0 Å². The molecule has 0 radical (unpaired) electrons. The summed E-state index contributed by atoms with van der Waals surface area (Å²) < 4.78 is 7.85. The predicted molar refractivity (Wildman–Crippen MR) is 126 cm³/mol. The van der Waals surface area contributed by atoms with Crippen LogP contribution in [0.5, 0.6) is 0 Å². The van der Waals surface area contributed by atoms with Crippen molar-refractivity contribution >= 4 is 5.65 Å². The molecule has 1 aromatic carbocycles. The average molecular weight is 431 g/mol. The molecule has 1 saturated heterocycles. The maximum Gasteiger partial charge on any atom is 0.158 e. The molecule has 7 nitrogen and oxygen atoms in total. The van der Waals surface area contributed by atoms with E-state index in [1.54, 1.807) is 6.33 Å². The van der Waals surface area contributed by atoms with Crippen LogP contribution in [-0.2, 0) is 4.74 Å². The highest BCUT2D eigenvalue weighted by Crippen LogP contribution is 2.36. The summed E-state index contributed by atoms with van der Waals surface area (Å²) >= 11 is 0. The first-order valence-electron chi connectivity index (χ1n) is 11.4. The van der Waals surface area contributed by atoms with Crippen molar-refractivity contribution in [1.29, 1.82) is 0 Å². The van der Waals surface area contributed by atoms with Crippen molar-refractivity contribution < 1.29 is 4.74 Å². The molecule has 4 aromatic rings. The lowest BCUT2D eigenvalue weighted by Crippen LogP contribution is -2.38. The molecule has 1 N–H and O–H groups in total. The molecule has 0 bridgehead atoms. The van der Waals surface area contributed by atoms with Crippen LogP contribution in [0.3, 0.4) is 0 Å². The maximum atomic E-state index is 6.03. The topological polar surface area (TPSA) is 71.3 Å². The standard InChI is InChI=1S/C25H30N6O/c1-5-30-10-11-32-21(14-30)18-6-8-19(9-7-18)23-22(16(2)3)24(29-28-23)20-12-17(4)25-26-15-27-31(25)13-20/h6-9,12-13,15-16,21H,5,10-11,14H2,1-4H3,(H,28,29). The number of morpholine rings is 1. The van der Waals surface area contributed by atoms with Gasteiger partial charge in [-0.05, 0) is 42.1 Å². The quantitative estimate of drug-likeness (QED) is 0.501. The Bertz CT molecular complexity index is 1220. The fourth-order valence-electron chi connectivity index (χ4n) is 4.63. The number of pyridine rings is 1. The van der Waals surface area contributed by atoms with Gasteiger partial charge >= 0.3 is 0 Å². The van der Waals surface area contributed by atoms with Gasteiger partial charge in [0, 0.05) is 30.4 Å². The molecular formula is C25H30N6O. The van der Waals surface area contributed by atoms with E-state index >= 15 is 0 Å². The van der Waals surface area contributed by atoms with Gasteiger partial charge in [0.15, 0.2) is 5.65 Å². The van der Waals surface area contributed by atoms with Gasteiger partial charge in [-0.2, -0.15) is 10.2 Å². The third kappa shape index (κ3) is 3.72. The first-order valence-corrected chi connectivity index (χ1v) is 11.4. The van der Waals surface area contributed by atoms with Crippen LogP contribution < -0.4 is 0 Å². The lowest BCUT2D eigenvalue weighted by molar-refractivity contribution is -0.0281. The van der Waals surface area contributed by atoms with Gasteiger partial charge in [0.25, 0.3) is 0 Å². The van der Waals surface area contributed by atoms with Gasteiger partial charge in [0.2, 0.25) is 0 Å². The Morgan fingerprint density at radius 3 is 2.75 bits per heavy atom. The van der Waals surface area contributed by atoms with Crippen molar-refractivity contribution in [3.05, 3.63) is 59.5 Å². The molecule has 1 aliphatic rings. The third-order valence-corrected chi connectivity index (χ3v) is 6.38. The molecule has 7 heteroatoms. The zero-order valence-electron chi connectivity index (χ0n) is 19.2. The summed E-state index contributed by atoms with van der Waals surface area (Å²) in [6.45, 7) is 12.5. The molecule has 1 aliphatic heterocycles. The van der Waals surface area contributed by atoms with E-state index in [-0.39, 0.29) is 6.10 Å². The van der Waals surface area contributed by atoms with E-state index in [4.69, 9.17) is 9.84 Å². The largest absolute Gasteiger partial charge is 0.371 e. The highest BCUT2D eigenvalue weighted by molar-refractivity contribution is 5.75. The Balaban J connectivity index is 1.49. The Kier molecular flexibility index (Phi) is 5.53. The number of fused-ring (bicyclic) bond motifs is 1. The highest BCUT2D eigenvalue weighted by atomic mass is 16.5. The second kappa shape index (κ2) is 8.48. The zero-order chi connectivity index (χ0) is 22.2. The lowest BCUT2D eigenvalue weighted by Gasteiger charge is -2.32. The number of hydrogen-bond acceptors (Lipinski definition) is 5. The van der Waals surface area contributed by atoms with Crippen molar-refractivity contribution in [2.24, 2.45) is 0 Å². The number of hydrogen-bond donors (Lipinski definition) is 1. The summed E-state index contributed by atoms with van der Waals surface area (Å²) in [5.74, 6) is 0.310. The maximum absolute atomic E-state index is 6.03. The van der Waals surface area contributed by atoms with E-state index in [2.05, 4.69) is 78.1 Å². The van der Waals surface area contributed by atoms with Crippen LogP contribution in [0.15, 0.2) is 42.9 Å². The van der Waals surface area contributed by atoms with Crippen molar-refractivity contribution in [2.45, 2.75) is 39.7 Å². The summed E-state index contributed by atoms with van der Waals surface area (Å²) in [7, 11) is 0. The van der Waals surface area contributed by atoms with Crippen molar-refractivity contribution in [1.82, 2.24) is 29.7 Å². The van der Waals surface area contributed by atoms with Crippen LogP contribution in [0.1, 0.15) is 49.5 Å². The Hall–Kier alpha value is -3.03. The second-order valence-corrected chi connectivity index (χ2v) is 8.83. The van der Waals surface area contributed by atoms with Crippen molar-refractivity contribution in [2.75, 3.05) is 26.2 Å². The summed E-state index contributed by atoms with van der Waals surface area (Å²) in [6.07, 6.45) is 3.73. The number of aryl methyl sites for hydroxylation is 1. The number of ether oxygens (including phenoxy) is 1. The first-order chi connectivity index (χ1) is 15.5. The molecule has 0 amide bonds. The molecule has 4 heterocycles. The molecule has 0 spiro atoms. The van der Waals surface area contributed by atoms with Crippen molar-refractivity contribution in [3.8, 4) is 22.5 Å². The molecule has 1 unspecified atom stereocenters. The van der Waals surface area contributed by atoms with E-state index in [0.29, 0.717) is 5.92 Å². The van der Waals surface area contributed by atoms with E-state index < -0.39 is 0 Å². The van der Waals surface area contributed by atoms with Gasteiger partial charge in [-0.15, -0.1) is 0 Å². The van der Waals surface area contributed by atoms with Gasteiger partial charge in [-0.1, -0.05) is 45.0 Å². The fourth-order valence-corrected chi connectivity index (χ4v) is 4.63. The summed E-state index contributed by atoms with van der Waals surface area (Å²) in [5, 5.41) is 12.4. The van der Waals surface area contributed by atoms with Gasteiger partial charge < -0.3 is 4.74 Å². The predicted octanol–water partition coefficient (Wildman–Crippen LogP) is 4.61. The number of nitrogens with zero attached hydrogens (tertiary/aromatic N) is 5. The number of rotatable bonds is 5. The van der Waals surface area contributed by atoms with Crippen LogP contribution in [-0.4, -0.2) is 55.9 Å². The number of aromatic nitrogens is 5. The average Bonchev–Trinajstić information content (AvgIpc) is 3.47. The number of likely N-dealkylation sites (N-methyl/N-ethyl adjacent to an activating group) is 1. The Morgan fingerprint density at radius 2 is 2.00 bits per heavy atom. The number of nitrogens with one attached hydrogen (secondary N) is 1. The second-order valence-electron chi connectivity index (χ2n) is 8.83. The lowest BCUT2D eigenvalue weighted by atomic mass is 9.93. The number of aromatic amines is 1. The van der Waals surface area contributed by atoms with Gasteiger partial charge in [0.1, 0.15) is 6.33 Å². The molecule has 166 valence electrons. The normalized spacial score (nSPS) is 17.5. The van der Waals surface area contributed by atoms with Gasteiger partial charge in [-0.25, -0.2) is 9.50 Å². The van der Waals surface area contributed by atoms with E-state index in [9.17, 15) is 0 Å². The Labute approximate surface area is 188 Å². The molecule has 0 saturated carbocycles. The van der Waals surface area contributed by atoms with Gasteiger partial charge in [0.05, 0.1) is 24.1 Å². The minimum atomic E-state index is 0.136. The summed E-state index contributed by atoms with van der Waals surface area (Å²) in [4.78, 5) is 6.77. The van der Waals surface area contributed by atoms with E-state index in [0.717, 1.165) is 60.0 Å². The molecule has 0 aliphatic carbocycles. The summed E-state index contributed by atoms with van der Waals surface area (Å²) in [6, 6.07) is 10.9. The molecule has 32 heavy (non-hydrogen) atoms. The molecule has 5 rings (SSSR count). The smallest absolute Gasteiger partial charge is 0.158 e. The van der Waals surface area contributed by atoms with Crippen LogP contribution in [0, 0.1) is 6.92 Å². The van der Waals surface area contributed by atoms with Gasteiger partial charge in [-0.3, -0.25) is 10.00 Å². The molecular weight excluding hydrogens is 400 g/mol.